The summed E-state index contributed by atoms with van der Waals surface area (Å²) in [6.07, 6.45) is 2.09. The van der Waals surface area contributed by atoms with Crippen LogP contribution >= 0.6 is 23.1 Å². The number of rotatable bonds is 3. The van der Waals surface area contributed by atoms with Crippen LogP contribution < -0.4 is 0 Å². The average molecular weight is 362 g/mol. The first-order chi connectivity index (χ1) is 12.3. The quantitative estimate of drug-likeness (QED) is 0.315. The van der Waals surface area contributed by atoms with Gasteiger partial charge in [-0.2, -0.15) is 0 Å². The molecule has 0 unspecified atom stereocenters. The summed E-state index contributed by atoms with van der Waals surface area (Å²) in [7, 11) is 0. The number of thiophene rings is 1. The van der Waals surface area contributed by atoms with E-state index < -0.39 is 0 Å². The molecule has 0 fully saturated rings. The minimum atomic E-state index is 0.906. The molecule has 0 aliphatic carbocycles. The van der Waals surface area contributed by atoms with Crippen LogP contribution in [-0.4, -0.2) is 6.26 Å². The number of hydrogen-bond acceptors (Lipinski definition) is 4. The van der Waals surface area contributed by atoms with E-state index in [9.17, 15) is 0 Å². The number of thioether (sulfide) groups is 1. The van der Waals surface area contributed by atoms with Crippen LogP contribution in [0.4, 0.5) is 0 Å². The summed E-state index contributed by atoms with van der Waals surface area (Å²) in [5, 5.41) is 2.25. The fraction of sp³-hybridized carbons (Fsp3) is 0.0476. The molecule has 0 N–H and O–H groups in total. The highest BCUT2D eigenvalue weighted by atomic mass is 32.2. The zero-order valence-corrected chi connectivity index (χ0v) is 15.1. The Morgan fingerprint density at radius 2 is 1.36 bits per heavy atom. The van der Waals surface area contributed by atoms with E-state index in [1.54, 1.807) is 23.1 Å². The Hall–Kier alpha value is -2.43. The first-order valence-corrected chi connectivity index (χ1v) is 10.0. The van der Waals surface area contributed by atoms with Gasteiger partial charge in [-0.1, -0.05) is 36.4 Å². The monoisotopic (exact) mass is 362 g/mol. The summed E-state index contributed by atoms with van der Waals surface area (Å²) in [5.74, 6) is 1.82. The summed E-state index contributed by atoms with van der Waals surface area (Å²) < 4.78 is 12.1. The van der Waals surface area contributed by atoms with Crippen molar-refractivity contribution in [2.75, 3.05) is 6.26 Å². The van der Waals surface area contributed by atoms with Crippen molar-refractivity contribution >= 4 is 45.0 Å². The molecular formula is C21H14O2S2. The molecular weight excluding hydrogens is 348 g/mol. The van der Waals surface area contributed by atoms with Crippen LogP contribution in [0.5, 0.6) is 0 Å². The van der Waals surface area contributed by atoms with Crippen molar-refractivity contribution in [3.63, 3.8) is 0 Å². The Morgan fingerprint density at radius 1 is 0.760 bits per heavy atom. The zero-order valence-electron chi connectivity index (χ0n) is 13.5. The third kappa shape index (κ3) is 2.49. The van der Waals surface area contributed by atoms with Gasteiger partial charge in [0, 0.05) is 15.7 Å². The Balaban J connectivity index is 1.65. The van der Waals surface area contributed by atoms with Gasteiger partial charge in [-0.05, 0) is 36.6 Å². The molecule has 2 nitrogen and oxygen atoms in total. The third-order valence-electron chi connectivity index (χ3n) is 4.24. The van der Waals surface area contributed by atoms with Crippen LogP contribution in [0.15, 0.2) is 80.5 Å². The molecule has 0 saturated heterocycles. The van der Waals surface area contributed by atoms with Crippen molar-refractivity contribution in [3.05, 3.63) is 66.7 Å². The summed E-state index contributed by atoms with van der Waals surface area (Å²) in [6.45, 7) is 0. The lowest BCUT2D eigenvalue weighted by Crippen LogP contribution is -1.68. The second-order valence-electron chi connectivity index (χ2n) is 5.81. The van der Waals surface area contributed by atoms with Crippen molar-refractivity contribution in [2.24, 2.45) is 0 Å². The standard InChI is InChI=1S/C21H14O2S2/c1-24-20-12-19(17-10-13-6-2-4-8-15(13)22-17)25-21(20)18-11-14-7-3-5-9-16(14)23-18/h2-12H,1H3. The van der Waals surface area contributed by atoms with Crippen molar-refractivity contribution < 1.29 is 8.83 Å². The lowest BCUT2D eigenvalue weighted by molar-refractivity contribution is 0.632. The predicted octanol–water partition coefficient (Wildman–Crippen LogP) is 7.30. The van der Waals surface area contributed by atoms with E-state index in [1.807, 2.05) is 36.4 Å². The van der Waals surface area contributed by atoms with Gasteiger partial charge in [-0.25, -0.2) is 0 Å². The topological polar surface area (TPSA) is 26.3 Å². The molecule has 3 aromatic heterocycles. The number of benzene rings is 2. The van der Waals surface area contributed by atoms with Crippen LogP contribution in [0, 0.1) is 0 Å². The van der Waals surface area contributed by atoms with E-state index in [0.717, 1.165) is 43.2 Å². The molecule has 0 spiro atoms. The SMILES string of the molecule is CSc1cc(-c2cc3ccccc3o2)sc1-c1cc2ccccc2o1. The number of furan rings is 2. The van der Waals surface area contributed by atoms with E-state index >= 15 is 0 Å². The highest BCUT2D eigenvalue weighted by molar-refractivity contribution is 7.99. The van der Waals surface area contributed by atoms with Crippen LogP contribution in [-0.2, 0) is 0 Å². The first kappa shape index (κ1) is 14.9. The van der Waals surface area contributed by atoms with Crippen molar-refractivity contribution in [1.29, 1.82) is 0 Å². The normalized spacial score (nSPS) is 11.6. The molecule has 0 bridgehead atoms. The summed E-state index contributed by atoms with van der Waals surface area (Å²) >= 11 is 3.44. The zero-order chi connectivity index (χ0) is 16.8. The molecule has 3 heterocycles. The number of fused-ring (bicyclic) bond motifs is 2. The fourth-order valence-corrected chi connectivity index (χ4v) is 4.95. The summed E-state index contributed by atoms with van der Waals surface area (Å²) in [4.78, 5) is 3.48. The molecule has 4 heteroatoms. The predicted molar refractivity (Wildman–Crippen MR) is 107 cm³/mol. The maximum absolute atomic E-state index is 6.07. The minimum absolute atomic E-state index is 0.906. The molecule has 5 aromatic rings. The Bertz CT molecular complexity index is 1130. The van der Waals surface area contributed by atoms with E-state index in [0.29, 0.717) is 0 Å². The number of hydrogen-bond donors (Lipinski definition) is 0. The second kappa shape index (κ2) is 5.83. The van der Waals surface area contributed by atoms with Crippen LogP contribution in [0.25, 0.3) is 43.2 Å². The summed E-state index contributed by atoms with van der Waals surface area (Å²) in [5.41, 5.74) is 1.84. The molecule has 0 saturated carbocycles. The average Bonchev–Trinajstić information content (AvgIpc) is 3.35. The lowest BCUT2D eigenvalue weighted by Gasteiger charge is -1.95. The molecule has 122 valence electrons. The van der Waals surface area contributed by atoms with Crippen molar-refractivity contribution in [2.45, 2.75) is 4.90 Å². The maximum atomic E-state index is 6.07. The van der Waals surface area contributed by atoms with Crippen LogP contribution in [0.3, 0.4) is 0 Å². The molecule has 25 heavy (non-hydrogen) atoms. The minimum Gasteiger partial charge on any atom is -0.455 e. The van der Waals surface area contributed by atoms with Gasteiger partial charge in [0.05, 0.1) is 9.75 Å². The Labute approximate surface area is 153 Å². The molecule has 5 rings (SSSR count). The van der Waals surface area contributed by atoms with Crippen molar-refractivity contribution in [1.82, 2.24) is 0 Å². The highest BCUT2D eigenvalue weighted by Crippen LogP contribution is 2.44. The first-order valence-electron chi connectivity index (χ1n) is 7.97. The van der Waals surface area contributed by atoms with Gasteiger partial charge in [0.1, 0.15) is 22.7 Å². The van der Waals surface area contributed by atoms with Gasteiger partial charge >= 0.3 is 0 Å². The van der Waals surface area contributed by atoms with Gasteiger partial charge in [0.15, 0.2) is 0 Å². The van der Waals surface area contributed by atoms with Gasteiger partial charge in [-0.15, -0.1) is 23.1 Å². The largest absolute Gasteiger partial charge is 0.455 e. The van der Waals surface area contributed by atoms with E-state index in [4.69, 9.17) is 8.83 Å². The molecule has 2 aromatic carbocycles. The molecule has 0 amide bonds. The second-order valence-corrected chi connectivity index (χ2v) is 7.71. The lowest BCUT2D eigenvalue weighted by atomic mass is 10.2. The van der Waals surface area contributed by atoms with Gasteiger partial charge < -0.3 is 8.83 Å². The van der Waals surface area contributed by atoms with Crippen molar-refractivity contribution in [3.8, 4) is 21.3 Å². The Kier molecular flexibility index (Phi) is 3.47. The molecule has 0 atom stereocenters. The fourth-order valence-electron chi connectivity index (χ4n) is 3.02. The highest BCUT2D eigenvalue weighted by Gasteiger charge is 2.17. The van der Waals surface area contributed by atoms with Gasteiger partial charge in [0.25, 0.3) is 0 Å². The smallest absolute Gasteiger partial charge is 0.146 e. The van der Waals surface area contributed by atoms with E-state index in [-0.39, 0.29) is 0 Å². The van der Waals surface area contributed by atoms with Gasteiger partial charge in [0.2, 0.25) is 0 Å². The van der Waals surface area contributed by atoms with Crippen LogP contribution in [0.1, 0.15) is 0 Å². The Morgan fingerprint density at radius 3 is 2.00 bits per heavy atom. The number of para-hydroxylation sites is 2. The van der Waals surface area contributed by atoms with Gasteiger partial charge in [-0.3, -0.25) is 0 Å². The molecule has 0 aliphatic heterocycles. The van der Waals surface area contributed by atoms with E-state index in [1.165, 1.54) is 4.90 Å². The van der Waals surface area contributed by atoms with E-state index in [2.05, 4.69) is 36.6 Å². The molecule has 0 aliphatic rings. The molecule has 0 radical (unpaired) electrons. The maximum Gasteiger partial charge on any atom is 0.146 e. The third-order valence-corrected chi connectivity index (χ3v) is 6.29. The van der Waals surface area contributed by atoms with Crippen LogP contribution in [0.2, 0.25) is 0 Å². The summed E-state index contributed by atoms with van der Waals surface area (Å²) in [6, 6.07) is 22.6.